The van der Waals surface area contributed by atoms with Crippen molar-refractivity contribution in [2.45, 2.75) is 0 Å². The van der Waals surface area contributed by atoms with Crippen LogP contribution >= 0.6 is 0 Å². The van der Waals surface area contributed by atoms with E-state index in [0.717, 1.165) is 22.8 Å². The van der Waals surface area contributed by atoms with Gasteiger partial charge >= 0.3 is 6.03 Å². The minimum atomic E-state index is -0.167. The van der Waals surface area contributed by atoms with Crippen molar-refractivity contribution in [2.75, 3.05) is 57.4 Å². The molecule has 0 atom stereocenters. The number of hydrogen-bond donors (Lipinski definition) is 1. The zero-order valence-corrected chi connectivity index (χ0v) is 19.0. The van der Waals surface area contributed by atoms with Crippen molar-refractivity contribution in [3.8, 4) is 34.3 Å². The molecule has 176 valence electrons. The van der Waals surface area contributed by atoms with Gasteiger partial charge < -0.3 is 34.1 Å². The van der Waals surface area contributed by atoms with E-state index < -0.39 is 0 Å². The number of rotatable bonds is 5. The number of methoxy groups -OCH3 is 2. The Labute approximate surface area is 197 Å². The van der Waals surface area contributed by atoms with Crippen LogP contribution in [0.15, 0.2) is 48.5 Å². The number of amides is 2. The van der Waals surface area contributed by atoms with Crippen LogP contribution in [-0.2, 0) is 0 Å². The second-order valence-corrected chi connectivity index (χ2v) is 7.85. The summed E-state index contributed by atoms with van der Waals surface area (Å²) in [6, 6.07) is 14.7. The number of piperazine rings is 1. The molecule has 10 nitrogen and oxygen atoms in total. The van der Waals surface area contributed by atoms with E-state index in [1.807, 2.05) is 30.3 Å². The van der Waals surface area contributed by atoms with Gasteiger partial charge in [0.25, 0.3) is 0 Å². The molecular formula is C24H25N5O5. The van der Waals surface area contributed by atoms with E-state index in [1.165, 1.54) is 0 Å². The summed E-state index contributed by atoms with van der Waals surface area (Å²) >= 11 is 0. The average Bonchev–Trinajstić information content (AvgIpc) is 3.36. The third-order valence-electron chi connectivity index (χ3n) is 5.81. The van der Waals surface area contributed by atoms with Crippen LogP contribution < -0.4 is 29.2 Å². The number of carbonyl (C=O) groups is 1. The first-order valence-electron chi connectivity index (χ1n) is 10.9. The Balaban J connectivity index is 1.19. The lowest BCUT2D eigenvalue weighted by molar-refractivity contribution is 0.174. The van der Waals surface area contributed by atoms with Crippen LogP contribution in [0.3, 0.4) is 0 Å². The Morgan fingerprint density at radius 2 is 1.62 bits per heavy atom. The molecule has 2 aliphatic rings. The molecule has 1 aromatic heterocycles. The van der Waals surface area contributed by atoms with Crippen molar-refractivity contribution in [1.29, 1.82) is 0 Å². The van der Waals surface area contributed by atoms with Crippen LogP contribution in [0.4, 0.5) is 16.3 Å². The van der Waals surface area contributed by atoms with Crippen molar-refractivity contribution in [3.05, 3.63) is 48.5 Å². The predicted octanol–water partition coefficient (Wildman–Crippen LogP) is 3.24. The molecule has 3 heterocycles. The molecule has 0 aliphatic carbocycles. The standard InChI is InChI=1S/C24H25N5O5/c1-31-18-12-17(13-19(14-18)32-2)25-24(30)29-9-7-28(8-10-29)23-6-4-20(26-27-23)16-3-5-21-22(11-16)34-15-33-21/h3-6,11-14H,7-10,15H2,1-2H3,(H,25,30). The molecule has 2 aromatic carbocycles. The molecule has 0 saturated carbocycles. The lowest BCUT2D eigenvalue weighted by atomic mass is 10.1. The van der Waals surface area contributed by atoms with Crippen LogP contribution in [0.25, 0.3) is 11.3 Å². The third kappa shape index (κ3) is 4.47. The zero-order chi connectivity index (χ0) is 23.5. The minimum absolute atomic E-state index is 0.167. The highest BCUT2D eigenvalue weighted by Crippen LogP contribution is 2.35. The van der Waals surface area contributed by atoms with Gasteiger partial charge in [-0.2, -0.15) is 0 Å². The number of nitrogens with zero attached hydrogens (tertiary/aromatic N) is 4. The molecule has 0 unspecified atom stereocenters. The summed E-state index contributed by atoms with van der Waals surface area (Å²) in [5.41, 5.74) is 2.29. The Bertz CT molecular complexity index is 1160. The van der Waals surface area contributed by atoms with Crippen LogP contribution in [0, 0.1) is 0 Å². The summed E-state index contributed by atoms with van der Waals surface area (Å²) in [4.78, 5) is 16.7. The number of anilines is 2. The summed E-state index contributed by atoms with van der Waals surface area (Å²) in [6.45, 7) is 2.69. The number of fused-ring (bicyclic) bond motifs is 1. The van der Waals surface area contributed by atoms with Gasteiger partial charge in [0.05, 0.1) is 19.9 Å². The van der Waals surface area contributed by atoms with E-state index in [-0.39, 0.29) is 12.8 Å². The summed E-state index contributed by atoms with van der Waals surface area (Å²) in [5, 5.41) is 11.7. The number of hydrogen-bond acceptors (Lipinski definition) is 8. The molecule has 10 heteroatoms. The highest BCUT2D eigenvalue weighted by atomic mass is 16.7. The number of aromatic nitrogens is 2. The molecule has 2 amide bonds. The molecule has 5 rings (SSSR count). The lowest BCUT2D eigenvalue weighted by Gasteiger charge is -2.35. The Morgan fingerprint density at radius 3 is 2.29 bits per heavy atom. The van der Waals surface area contributed by atoms with Crippen LogP contribution in [0.1, 0.15) is 0 Å². The quantitative estimate of drug-likeness (QED) is 0.616. The maximum atomic E-state index is 12.8. The second kappa shape index (κ2) is 9.34. The maximum Gasteiger partial charge on any atom is 0.321 e. The van der Waals surface area contributed by atoms with Gasteiger partial charge in [-0.1, -0.05) is 0 Å². The van der Waals surface area contributed by atoms with Crippen LogP contribution in [-0.4, -0.2) is 68.3 Å². The molecule has 3 aromatic rings. The fraction of sp³-hybridized carbons (Fsp3) is 0.292. The van der Waals surface area contributed by atoms with Gasteiger partial charge in [0.2, 0.25) is 6.79 Å². The summed E-state index contributed by atoms with van der Waals surface area (Å²) in [6.07, 6.45) is 0. The summed E-state index contributed by atoms with van der Waals surface area (Å²) in [7, 11) is 3.15. The number of benzene rings is 2. The lowest BCUT2D eigenvalue weighted by Crippen LogP contribution is -2.50. The first kappa shape index (κ1) is 21.6. The predicted molar refractivity (Wildman–Crippen MR) is 126 cm³/mol. The summed E-state index contributed by atoms with van der Waals surface area (Å²) < 4.78 is 21.3. The number of nitrogens with one attached hydrogen (secondary N) is 1. The van der Waals surface area contributed by atoms with E-state index in [9.17, 15) is 4.79 Å². The van der Waals surface area contributed by atoms with Gasteiger partial charge in [-0.15, -0.1) is 10.2 Å². The normalized spacial score (nSPS) is 14.6. The number of ether oxygens (including phenoxy) is 4. The SMILES string of the molecule is COc1cc(NC(=O)N2CCN(c3ccc(-c4ccc5c(c4)OCO5)nn3)CC2)cc(OC)c1. The Hall–Kier alpha value is -4.21. The second-order valence-electron chi connectivity index (χ2n) is 7.85. The highest BCUT2D eigenvalue weighted by molar-refractivity contribution is 5.90. The maximum absolute atomic E-state index is 12.8. The molecule has 34 heavy (non-hydrogen) atoms. The molecule has 1 N–H and O–H groups in total. The first-order chi connectivity index (χ1) is 16.6. The van der Waals surface area contributed by atoms with Crippen molar-refractivity contribution < 1.29 is 23.7 Å². The third-order valence-corrected chi connectivity index (χ3v) is 5.81. The van der Waals surface area contributed by atoms with Gasteiger partial charge in [0, 0.05) is 55.6 Å². The fourth-order valence-corrected chi connectivity index (χ4v) is 3.92. The largest absolute Gasteiger partial charge is 0.497 e. The molecule has 2 aliphatic heterocycles. The smallest absolute Gasteiger partial charge is 0.321 e. The fourth-order valence-electron chi connectivity index (χ4n) is 3.92. The van der Waals surface area contributed by atoms with Gasteiger partial charge in [-0.25, -0.2) is 4.79 Å². The van der Waals surface area contributed by atoms with Crippen molar-refractivity contribution in [1.82, 2.24) is 15.1 Å². The van der Waals surface area contributed by atoms with Crippen LogP contribution in [0.5, 0.6) is 23.0 Å². The molecule has 1 saturated heterocycles. The first-order valence-corrected chi connectivity index (χ1v) is 10.9. The molecule has 0 spiro atoms. The van der Waals surface area contributed by atoms with E-state index in [4.69, 9.17) is 18.9 Å². The van der Waals surface area contributed by atoms with Gasteiger partial charge in [-0.3, -0.25) is 0 Å². The Morgan fingerprint density at radius 1 is 0.882 bits per heavy atom. The van der Waals surface area contributed by atoms with E-state index in [2.05, 4.69) is 20.4 Å². The van der Waals surface area contributed by atoms with E-state index in [1.54, 1.807) is 37.3 Å². The molecule has 1 fully saturated rings. The molecule has 0 radical (unpaired) electrons. The minimum Gasteiger partial charge on any atom is -0.497 e. The van der Waals surface area contributed by atoms with Gasteiger partial charge in [0.1, 0.15) is 11.5 Å². The van der Waals surface area contributed by atoms with Crippen molar-refractivity contribution in [2.24, 2.45) is 0 Å². The van der Waals surface area contributed by atoms with E-state index in [0.29, 0.717) is 49.1 Å². The van der Waals surface area contributed by atoms with Gasteiger partial charge in [0.15, 0.2) is 17.3 Å². The van der Waals surface area contributed by atoms with Crippen LogP contribution in [0.2, 0.25) is 0 Å². The van der Waals surface area contributed by atoms with Crippen molar-refractivity contribution in [3.63, 3.8) is 0 Å². The number of carbonyl (C=O) groups excluding carboxylic acids is 1. The Kier molecular flexibility index (Phi) is 5.94. The zero-order valence-electron chi connectivity index (χ0n) is 19.0. The average molecular weight is 463 g/mol. The molecular weight excluding hydrogens is 438 g/mol. The number of urea groups is 1. The molecule has 0 bridgehead atoms. The van der Waals surface area contributed by atoms with Crippen molar-refractivity contribution >= 4 is 17.5 Å². The highest BCUT2D eigenvalue weighted by Gasteiger charge is 2.23. The van der Waals surface area contributed by atoms with E-state index >= 15 is 0 Å². The summed E-state index contributed by atoms with van der Waals surface area (Å²) in [5.74, 6) is 3.46. The van der Waals surface area contributed by atoms with Gasteiger partial charge in [-0.05, 0) is 30.3 Å². The monoisotopic (exact) mass is 463 g/mol. The topological polar surface area (TPSA) is 98.3 Å².